The maximum absolute atomic E-state index is 13.4. The number of fused-ring (bicyclic) bond motifs is 3. The van der Waals surface area contributed by atoms with E-state index in [0.717, 1.165) is 52.1 Å². The van der Waals surface area contributed by atoms with E-state index in [-0.39, 0.29) is 5.56 Å². The predicted molar refractivity (Wildman–Crippen MR) is 132 cm³/mol. The van der Waals surface area contributed by atoms with Crippen LogP contribution in [-0.2, 0) is 6.42 Å². The second kappa shape index (κ2) is 9.08. The van der Waals surface area contributed by atoms with Gasteiger partial charge in [0, 0.05) is 16.8 Å². The van der Waals surface area contributed by atoms with E-state index in [1.165, 1.54) is 5.57 Å². The molecule has 0 saturated heterocycles. The summed E-state index contributed by atoms with van der Waals surface area (Å²) in [6.45, 7) is 2.81. The molecule has 166 valence electrons. The molecule has 7 heteroatoms. The van der Waals surface area contributed by atoms with Crippen LogP contribution in [0.1, 0.15) is 25.3 Å². The lowest BCUT2D eigenvalue weighted by molar-refractivity contribution is 0.742. The maximum atomic E-state index is 13.4. The van der Waals surface area contributed by atoms with E-state index in [1.54, 1.807) is 10.8 Å². The lowest BCUT2D eigenvalue weighted by atomic mass is 10.1. The van der Waals surface area contributed by atoms with Crippen molar-refractivity contribution in [3.05, 3.63) is 104 Å². The Hall–Kier alpha value is -3.64. The molecule has 0 fully saturated rings. The minimum Gasteiger partial charge on any atom is -0.370 e. The normalized spacial score (nSPS) is 13.3. The molecule has 6 nitrogen and oxygen atoms in total. The third kappa shape index (κ3) is 3.98. The van der Waals surface area contributed by atoms with Crippen LogP contribution in [0.25, 0.3) is 22.7 Å². The van der Waals surface area contributed by atoms with Crippen LogP contribution >= 0.6 is 11.6 Å². The molecule has 2 aromatic carbocycles. The van der Waals surface area contributed by atoms with Gasteiger partial charge in [0.25, 0.3) is 5.56 Å². The largest absolute Gasteiger partial charge is 0.370 e. The van der Waals surface area contributed by atoms with Gasteiger partial charge in [-0.2, -0.15) is 5.10 Å². The van der Waals surface area contributed by atoms with Gasteiger partial charge in [-0.15, -0.1) is 0 Å². The molecule has 0 spiro atoms. The summed E-state index contributed by atoms with van der Waals surface area (Å²) in [6.07, 6.45) is 6.09. The van der Waals surface area contributed by atoms with Crippen molar-refractivity contribution < 1.29 is 0 Å². The highest BCUT2D eigenvalue weighted by molar-refractivity contribution is 6.31. The summed E-state index contributed by atoms with van der Waals surface area (Å²) in [5.41, 5.74) is 4.23. The number of H-pyrrole nitrogens is 1. The molecule has 1 aliphatic heterocycles. The molecular weight excluding hydrogens is 434 g/mol. The van der Waals surface area contributed by atoms with E-state index >= 15 is 0 Å². The number of rotatable bonds is 6. The number of nitrogens with zero attached hydrogens (tertiary/aromatic N) is 3. The molecule has 0 saturated carbocycles. The first kappa shape index (κ1) is 21.2. The fraction of sp³-hybridized carbons (Fsp3) is 0.192. The summed E-state index contributed by atoms with van der Waals surface area (Å²) >= 11 is 6.33. The molecule has 0 radical (unpaired) electrons. The van der Waals surface area contributed by atoms with Gasteiger partial charge in [0.15, 0.2) is 5.49 Å². The Labute approximate surface area is 195 Å². The lowest BCUT2D eigenvalue weighted by Gasteiger charge is -2.12. The molecule has 0 unspecified atom stereocenters. The van der Waals surface area contributed by atoms with Crippen molar-refractivity contribution in [2.75, 3.05) is 6.54 Å². The smallest absolute Gasteiger partial charge is 0.267 e. The number of pyridine rings is 1. The van der Waals surface area contributed by atoms with Crippen LogP contribution in [0.4, 0.5) is 0 Å². The molecule has 2 aromatic heterocycles. The molecule has 33 heavy (non-hydrogen) atoms. The lowest BCUT2D eigenvalue weighted by Crippen LogP contribution is -2.43. The molecule has 3 heterocycles. The second-order valence-electron chi connectivity index (χ2n) is 7.97. The van der Waals surface area contributed by atoms with Crippen molar-refractivity contribution in [1.29, 1.82) is 0 Å². The van der Waals surface area contributed by atoms with Crippen LogP contribution in [0, 0.1) is 0 Å². The second-order valence-corrected chi connectivity index (χ2v) is 8.37. The van der Waals surface area contributed by atoms with Crippen molar-refractivity contribution in [1.82, 2.24) is 20.1 Å². The van der Waals surface area contributed by atoms with Crippen LogP contribution in [0.5, 0.6) is 0 Å². The van der Waals surface area contributed by atoms with Gasteiger partial charge in [0.2, 0.25) is 0 Å². The zero-order chi connectivity index (χ0) is 22.8. The Kier molecular flexibility index (Phi) is 5.84. The first-order valence-electron chi connectivity index (χ1n) is 11.1. The zero-order valence-electron chi connectivity index (χ0n) is 18.3. The molecule has 2 N–H and O–H groups in total. The summed E-state index contributed by atoms with van der Waals surface area (Å²) in [5, 5.41) is 12.9. The topological polar surface area (TPSA) is 75.1 Å². The fourth-order valence-electron chi connectivity index (χ4n) is 4.22. The number of benzene rings is 2. The van der Waals surface area contributed by atoms with Crippen molar-refractivity contribution in [3.63, 3.8) is 0 Å². The number of para-hydroxylation sites is 1. The molecule has 0 amide bonds. The minimum absolute atomic E-state index is 0.142. The van der Waals surface area contributed by atoms with Gasteiger partial charge in [-0.25, -0.2) is 4.99 Å². The Morgan fingerprint density at radius 1 is 1.12 bits per heavy atom. The van der Waals surface area contributed by atoms with Crippen LogP contribution < -0.4 is 21.6 Å². The Balaban J connectivity index is 1.64. The molecule has 0 aliphatic carbocycles. The third-order valence-electron chi connectivity index (χ3n) is 5.99. The Morgan fingerprint density at radius 2 is 1.91 bits per heavy atom. The monoisotopic (exact) mass is 457 g/mol. The van der Waals surface area contributed by atoms with Crippen LogP contribution in [0.3, 0.4) is 0 Å². The highest BCUT2D eigenvalue weighted by Gasteiger charge is 2.16. The van der Waals surface area contributed by atoms with Gasteiger partial charge >= 0.3 is 0 Å². The maximum Gasteiger partial charge on any atom is 0.267 e. The standard InChI is InChI=1S/C26H24ClN5O/c1-2-17-12-13-20-23-21(16-29-31-23)26(33)32(19-9-4-3-5-10-19)25(20)30-24(17)28-15-14-18-8-6-7-11-22(18)27/h3-11,13,16,28H,2,12,14-15H2,1H3,(H,29,31). The highest BCUT2D eigenvalue weighted by atomic mass is 35.5. The van der Waals surface area contributed by atoms with Gasteiger partial charge in [0.05, 0.1) is 22.8 Å². The van der Waals surface area contributed by atoms with E-state index in [4.69, 9.17) is 16.6 Å². The number of aromatic nitrogens is 3. The summed E-state index contributed by atoms with van der Waals surface area (Å²) in [5.74, 6) is 0.808. The van der Waals surface area contributed by atoms with Gasteiger partial charge in [-0.05, 0) is 48.6 Å². The van der Waals surface area contributed by atoms with Crippen molar-refractivity contribution in [2.24, 2.45) is 4.99 Å². The SMILES string of the molecule is CCC1=C(NCCc2ccccc2Cl)N=c2c(c3[nH]ncc3c(=O)n2-c2ccccc2)=CC1. The predicted octanol–water partition coefficient (Wildman–Crippen LogP) is 3.62. The first-order valence-corrected chi connectivity index (χ1v) is 11.5. The molecule has 5 rings (SSSR count). The van der Waals surface area contributed by atoms with Gasteiger partial charge in [-0.3, -0.25) is 14.5 Å². The minimum atomic E-state index is -0.142. The summed E-state index contributed by atoms with van der Waals surface area (Å²) in [6, 6.07) is 17.5. The van der Waals surface area contributed by atoms with Gasteiger partial charge in [0.1, 0.15) is 5.82 Å². The number of nitrogens with one attached hydrogen (secondary N) is 2. The Morgan fingerprint density at radius 3 is 2.70 bits per heavy atom. The zero-order valence-corrected chi connectivity index (χ0v) is 19.1. The van der Waals surface area contributed by atoms with E-state index < -0.39 is 0 Å². The number of halogens is 1. The van der Waals surface area contributed by atoms with E-state index in [1.807, 2.05) is 54.6 Å². The third-order valence-corrected chi connectivity index (χ3v) is 6.35. The average molecular weight is 458 g/mol. The van der Waals surface area contributed by atoms with Crippen molar-refractivity contribution in [3.8, 4) is 5.69 Å². The Bertz CT molecular complexity index is 1530. The van der Waals surface area contributed by atoms with E-state index in [0.29, 0.717) is 17.4 Å². The number of aromatic amines is 1. The quantitative estimate of drug-likeness (QED) is 0.464. The average Bonchev–Trinajstić information content (AvgIpc) is 3.26. The molecular formula is C26H24ClN5O. The highest BCUT2D eigenvalue weighted by Crippen LogP contribution is 2.17. The number of hydrogen-bond donors (Lipinski definition) is 2. The molecule has 4 aromatic rings. The molecule has 0 bridgehead atoms. The van der Waals surface area contributed by atoms with Gasteiger partial charge < -0.3 is 5.32 Å². The molecule has 0 atom stereocenters. The van der Waals surface area contributed by atoms with E-state index in [9.17, 15) is 4.79 Å². The summed E-state index contributed by atoms with van der Waals surface area (Å²) in [4.78, 5) is 18.5. The number of allylic oxidation sites excluding steroid dienone is 1. The van der Waals surface area contributed by atoms with Crippen LogP contribution in [0.15, 0.2) is 82.0 Å². The first-order chi connectivity index (χ1) is 16.2. The summed E-state index contributed by atoms with van der Waals surface area (Å²) in [7, 11) is 0. The fourth-order valence-corrected chi connectivity index (χ4v) is 4.45. The van der Waals surface area contributed by atoms with Crippen molar-refractivity contribution in [2.45, 2.75) is 26.2 Å². The van der Waals surface area contributed by atoms with Crippen LogP contribution in [0.2, 0.25) is 5.02 Å². The van der Waals surface area contributed by atoms with Gasteiger partial charge in [-0.1, -0.05) is 61.0 Å². The number of hydrogen-bond acceptors (Lipinski definition) is 4. The van der Waals surface area contributed by atoms with Crippen molar-refractivity contribution >= 4 is 28.6 Å². The summed E-state index contributed by atoms with van der Waals surface area (Å²) < 4.78 is 1.68. The van der Waals surface area contributed by atoms with Crippen LogP contribution in [-0.4, -0.2) is 21.3 Å². The van der Waals surface area contributed by atoms with E-state index in [2.05, 4.69) is 28.5 Å². The molecule has 1 aliphatic rings.